The molecule has 0 aliphatic rings. The van der Waals surface area contributed by atoms with E-state index in [4.69, 9.17) is 4.42 Å². The maximum Gasteiger partial charge on any atom is 0.118 e. The zero-order valence-corrected chi connectivity index (χ0v) is 11.8. The molecule has 0 spiro atoms. The summed E-state index contributed by atoms with van der Waals surface area (Å²) < 4.78 is 5.56. The van der Waals surface area contributed by atoms with Crippen molar-refractivity contribution in [1.29, 1.82) is 0 Å². The first-order valence-corrected chi connectivity index (χ1v) is 6.44. The zero-order chi connectivity index (χ0) is 12.8. The topological polar surface area (TPSA) is 28.4 Å². The smallest absolute Gasteiger partial charge is 0.118 e. The molecule has 1 aromatic heterocycles. The van der Waals surface area contributed by atoms with E-state index in [9.17, 15) is 0 Å². The molecule has 17 heavy (non-hydrogen) atoms. The molecule has 0 saturated carbocycles. The van der Waals surface area contributed by atoms with E-state index >= 15 is 0 Å². The van der Waals surface area contributed by atoms with E-state index in [0.717, 1.165) is 24.8 Å². The lowest BCUT2D eigenvalue weighted by Gasteiger charge is -2.25. The number of furan rings is 1. The van der Waals surface area contributed by atoms with Crippen molar-refractivity contribution in [2.45, 2.75) is 46.3 Å². The van der Waals surface area contributed by atoms with Crippen LogP contribution in [0.4, 0.5) is 0 Å². The van der Waals surface area contributed by atoms with Crippen molar-refractivity contribution >= 4 is 0 Å². The molecule has 0 aliphatic heterocycles. The predicted octanol–water partition coefficient (Wildman–Crippen LogP) is 2.87. The van der Waals surface area contributed by atoms with E-state index < -0.39 is 0 Å². The van der Waals surface area contributed by atoms with Crippen LogP contribution in [0, 0.1) is 5.92 Å². The average molecular weight is 238 g/mol. The van der Waals surface area contributed by atoms with Crippen molar-refractivity contribution in [2.75, 3.05) is 14.1 Å². The summed E-state index contributed by atoms with van der Waals surface area (Å²) in [6.07, 6.45) is 3.06. The summed E-state index contributed by atoms with van der Waals surface area (Å²) >= 11 is 0. The first kappa shape index (κ1) is 14.3. The molecule has 0 aromatic carbocycles. The molecule has 98 valence electrons. The van der Waals surface area contributed by atoms with Crippen LogP contribution in [0.15, 0.2) is 16.7 Å². The second-order valence-electron chi connectivity index (χ2n) is 5.35. The summed E-state index contributed by atoms with van der Waals surface area (Å²) in [7, 11) is 4.11. The van der Waals surface area contributed by atoms with E-state index in [2.05, 4.69) is 44.1 Å². The summed E-state index contributed by atoms with van der Waals surface area (Å²) in [6, 6.07) is 2.72. The van der Waals surface area contributed by atoms with Crippen molar-refractivity contribution in [1.82, 2.24) is 10.2 Å². The van der Waals surface area contributed by atoms with Gasteiger partial charge in [-0.1, -0.05) is 13.8 Å². The maximum absolute atomic E-state index is 5.56. The van der Waals surface area contributed by atoms with Crippen molar-refractivity contribution in [3.63, 3.8) is 0 Å². The second kappa shape index (κ2) is 6.82. The van der Waals surface area contributed by atoms with Crippen LogP contribution in [0.1, 0.15) is 38.5 Å². The molecule has 1 atom stereocenters. The van der Waals surface area contributed by atoms with E-state index in [0.29, 0.717) is 6.04 Å². The van der Waals surface area contributed by atoms with Crippen molar-refractivity contribution in [3.8, 4) is 0 Å². The summed E-state index contributed by atoms with van der Waals surface area (Å²) in [5, 5.41) is 3.13. The molecule has 0 bridgehead atoms. The largest absolute Gasteiger partial charge is 0.468 e. The number of nitrogens with zero attached hydrogens (tertiary/aromatic N) is 1. The molecule has 3 heteroatoms. The molecular formula is C14H26N2O. The molecule has 0 fully saturated rings. The lowest BCUT2D eigenvalue weighted by atomic mass is 10.0. The molecule has 0 radical (unpaired) electrons. The Morgan fingerprint density at radius 2 is 2.06 bits per heavy atom. The lowest BCUT2D eigenvalue weighted by molar-refractivity contribution is 0.205. The molecule has 0 amide bonds. The number of nitrogens with one attached hydrogen (secondary N) is 1. The Bertz CT molecular complexity index is 320. The van der Waals surface area contributed by atoms with Gasteiger partial charge in [0.15, 0.2) is 0 Å². The zero-order valence-electron chi connectivity index (χ0n) is 11.8. The molecule has 1 rings (SSSR count). The third-order valence-corrected chi connectivity index (χ3v) is 3.06. The minimum Gasteiger partial charge on any atom is -0.468 e. The van der Waals surface area contributed by atoms with Crippen molar-refractivity contribution in [2.24, 2.45) is 5.92 Å². The predicted molar refractivity (Wildman–Crippen MR) is 71.9 cm³/mol. The summed E-state index contributed by atoms with van der Waals surface area (Å²) in [4.78, 5) is 2.35. The first-order valence-electron chi connectivity index (χ1n) is 6.44. The first-order chi connectivity index (χ1) is 8.02. The molecule has 0 saturated heterocycles. The van der Waals surface area contributed by atoms with E-state index in [1.807, 2.05) is 13.3 Å². The third-order valence-electron chi connectivity index (χ3n) is 3.06. The number of hydrogen-bond acceptors (Lipinski definition) is 3. The van der Waals surface area contributed by atoms with Gasteiger partial charge in [0, 0.05) is 18.2 Å². The molecular weight excluding hydrogens is 212 g/mol. The molecule has 0 aliphatic carbocycles. The Kier molecular flexibility index (Phi) is 5.72. The monoisotopic (exact) mass is 238 g/mol. The minimum atomic E-state index is 0.591. The van der Waals surface area contributed by atoms with Crippen LogP contribution in [0.5, 0.6) is 0 Å². The number of hydrogen-bond donors (Lipinski definition) is 1. The SMILES string of the molecule is CNCc1coc(CN(C)C(C)CC(C)C)c1. The average Bonchev–Trinajstić information content (AvgIpc) is 2.65. The fourth-order valence-corrected chi connectivity index (χ4v) is 2.07. The van der Waals surface area contributed by atoms with E-state index in [1.165, 1.54) is 12.0 Å². The van der Waals surface area contributed by atoms with Crippen molar-refractivity contribution in [3.05, 3.63) is 23.7 Å². The molecule has 1 heterocycles. The quantitative estimate of drug-likeness (QED) is 0.792. The van der Waals surface area contributed by atoms with Crippen LogP contribution in [-0.2, 0) is 13.1 Å². The van der Waals surface area contributed by atoms with Crippen LogP contribution >= 0.6 is 0 Å². The van der Waals surface area contributed by atoms with E-state index in [1.54, 1.807) is 0 Å². The summed E-state index contributed by atoms with van der Waals surface area (Å²) in [6.45, 7) is 8.56. The highest BCUT2D eigenvalue weighted by molar-refractivity contribution is 5.12. The minimum absolute atomic E-state index is 0.591. The van der Waals surface area contributed by atoms with Crippen molar-refractivity contribution < 1.29 is 4.42 Å². The highest BCUT2D eigenvalue weighted by Crippen LogP contribution is 2.14. The van der Waals surface area contributed by atoms with Gasteiger partial charge in [0.2, 0.25) is 0 Å². The highest BCUT2D eigenvalue weighted by Gasteiger charge is 2.13. The van der Waals surface area contributed by atoms with Gasteiger partial charge < -0.3 is 9.73 Å². The molecule has 1 N–H and O–H groups in total. The Morgan fingerprint density at radius 3 is 2.65 bits per heavy atom. The second-order valence-corrected chi connectivity index (χ2v) is 5.35. The summed E-state index contributed by atoms with van der Waals surface area (Å²) in [5.74, 6) is 1.79. The van der Waals surface area contributed by atoms with Gasteiger partial charge in [-0.15, -0.1) is 0 Å². The fraction of sp³-hybridized carbons (Fsp3) is 0.714. The summed E-state index contributed by atoms with van der Waals surface area (Å²) in [5.41, 5.74) is 1.22. The molecule has 3 nitrogen and oxygen atoms in total. The Labute approximate surface area is 105 Å². The van der Waals surface area contributed by atoms with Crippen LogP contribution in [0.3, 0.4) is 0 Å². The van der Waals surface area contributed by atoms with Gasteiger partial charge in [0.1, 0.15) is 5.76 Å². The van der Waals surface area contributed by atoms with Crippen LogP contribution in [0.25, 0.3) is 0 Å². The van der Waals surface area contributed by atoms with E-state index in [-0.39, 0.29) is 0 Å². The van der Waals surface area contributed by atoms with Gasteiger partial charge in [0.05, 0.1) is 12.8 Å². The molecule has 1 aromatic rings. The third kappa shape index (κ3) is 4.92. The normalized spacial score (nSPS) is 13.6. The lowest BCUT2D eigenvalue weighted by Crippen LogP contribution is -2.29. The van der Waals surface area contributed by atoms with Gasteiger partial charge in [-0.05, 0) is 39.4 Å². The molecule has 1 unspecified atom stereocenters. The van der Waals surface area contributed by atoms with Gasteiger partial charge in [-0.2, -0.15) is 0 Å². The number of rotatable bonds is 7. The van der Waals surface area contributed by atoms with Gasteiger partial charge in [-0.3, -0.25) is 4.90 Å². The highest BCUT2D eigenvalue weighted by atomic mass is 16.3. The van der Waals surface area contributed by atoms with Crippen LogP contribution < -0.4 is 5.32 Å². The van der Waals surface area contributed by atoms with Gasteiger partial charge in [-0.25, -0.2) is 0 Å². The maximum atomic E-state index is 5.56. The van der Waals surface area contributed by atoms with Crippen LogP contribution in [0.2, 0.25) is 0 Å². The Hall–Kier alpha value is -0.800. The Morgan fingerprint density at radius 1 is 1.35 bits per heavy atom. The van der Waals surface area contributed by atoms with Gasteiger partial charge >= 0.3 is 0 Å². The van der Waals surface area contributed by atoms with Gasteiger partial charge in [0.25, 0.3) is 0 Å². The fourth-order valence-electron chi connectivity index (χ4n) is 2.07. The van der Waals surface area contributed by atoms with Crippen LogP contribution in [-0.4, -0.2) is 25.0 Å². The Balaban J connectivity index is 2.46. The standard InChI is InChI=1S/C14H26N2O/c1-11(2)6-12(3)16(5)9-14-7-13(8-15-4)10-17-14/h7,10-12,15H,6,8-9H2,1-5H3.